The van der Waals surface area contributed by atoms with Crippen molar-refractivity contribution in [2.45, 2.75) is 19.9 Å². The monoisotopic (exact) mass is 425 g/mol. The zero-order valence-electron chi connectivity index (χ0n) is 17.3. The van der Waals surface area contributed by atoms with Crippen LogP contribution in [0.4, 0.5) is 14.5 Å². The van der Waals surface area contributed by atoms with Gasteiger partial charge in [-0.3, -0.25) is 9.59 Å². The maximum atomic E-state index is 14.2. The van der Waals surface area contributed by atoms with E-state index in [-0.39, 0.29) is 23.8 Å². The molecule has 0 radical (unpaired) electrons. The molecule has 0 saturated carbocycles. The molecule has 160 valence electrons. The van der Waals surface area contributed by atoms with Gasteiger partial charge in [-0.05, 0) is 55.0 Å². The molecule has 1 heterocycles. The Kier molecular flexibility index (Phi) is 5.35. The predicted octanol–water partition coefficient (Wildman–Crippen LogP) is 4.76. The van der Waals surface area contributed by atoms with Gasteiger partial charge in [0.15, 0.2) is 17.3 Å². The van der Waals surface area contributed by atoms with E-state index in [9.17, 15) is 18.4 Å². The third-order valence-corrected chi connectivity index (χ3v) is 5.53. The van der Waals surface area contributed by atoms with Crippen LogP contribution in [0.2, 0.25) is 0 Å². The van der Waals surface area contributed by atoms with Crippen LogP contribution in [0.1, 0.15) is 24.2 Å². The van der Waals surface area contributed by atoms with E-state index in [0.717, 1.165) is 16.8 Å². The molecule has 1 aliphatic heterocycles. The lowest BCUT2D eigenvalue weighted by atomic mass is 9.95. The lowest BCUT2D eigenvalue weighted by Gasteiger charge is -2.36. The molecule has 1 amide bonds. The summed E-state index contributed by atoms with van der Waals surface area (Å²) >= 11 is 0. The summed E-state index contributed by atoms with van der Waals surface area (Å²) in [6.45, 7) is 3.24. The predicted molar refractivity (Wildman–Crippen MR) is 113 cm³/mol. The molecule has 5 nitrogen and oxygen atoms in total. The van der Waals surface area contributed by atoms with Gasteiger partial charge < -0.3 is 14.4 Å². The Hall–Kier alpha value is -3.48. The van der Waals surface area contributed by atoms with Crippen molar-refractivity contribution in [3.63, 3.8) is 0 Å². The Bertz CT molecular complexity index is 1190. The first-order chi connectivity index (χ1) is 14.8. The van der Waals surface area contributed by atoms with Gasteiger partial charge in [-0.2, -0.15) is 4.39 Å². The molecule has 0 unspecified atom stereocenters. The van der Waals surface area contributed by atoms with Crippen molar-refractivity contribution < 1.29 is 27.8 Å². The van der Waals surface area contributed by atoms with Crippen molar-refractivity contribution in [2.75, 3.05) is 18.6 Å². The lowest BCUT2D eigenvalue weighted by molar-refractivity contribution is -0.121. The van der Waals surface area contributed by atoms with Gasteiger partial charge in [0.2, 0.25) is 11.7 Å². The number of benzene rings is 3. The molecule has 0 N–H and O–H groups in total. The number of Topliss-reactive ketones (excluding diaryl/α,β-unsaturated/α-hetero) is 1. The Morgan fingerprint density at radius 1 is 1.10 bits per heavy atom. The van der Waals surface area contributed by atoms with Gasteiger partial charge in [-0.1, -0.05) is 18.2 Å². The van der Waals surface area contributed by atoms with Crippen molar-refractivity contribution in [3.05, 3.63) is 65.7 Å². The minimum absolute atomic E-state index is 0.00215. The molecule has 31 heavy (non-hydrogen) atoms. The molecule has 0 spiro atoms. The second-order valence-corrected chi connectivity index (χ2v) is 7.59. The molecule has 0 aliphatic carbocycles. The summed E-state index contributed by atoms with van der Waals surface area (Å²) in [6.07, 6.45) is 0. The van der Waals surface area contributed by atoms with E-state index in [1.54, 1.807) is 38.3 Å². The normalized spacial score (nSPS) is 16.4. The van der Waals surface area contributed by atoms with Gasteiger partial charge in [0.25, 0.3) is 0 Å². The topological polar surface area (TPSA) is 55.8 Å². The summed E-state index contributed by atoms with van der Waals surface area (Å²) < 4.78 is 38.3. The van der Waals surface area contributed by atoms with Gasteiger partial charge >= 0.3 is 0 Å². The van der Waals surface area contributed by atoms with Crippen molar-refractivity contribution in [1.82, 2.24) is 0 Å². The Morgan fingerprint density at radius 2 is 1.81 bits per heavy atom. The fourth-order valence-electron chi connectivity index (χ4n) is 3.78. The van der Waals surface area contributed by atoms with Gasteiger partial charge in [-0.25, -0.2) is 4.39 Å². The number of hydrogen-bond acceptors (Lipinski definition) is 4. The van der Waals surface area contributed by atoms with E-state index in [1.807, 2.05) is 12.1 Å². The number of halogens is 2. The second-order valence-electron chi connectivity index (χ2n) is 7.59. The molecule has 0 fully saturated rings. The van der Waals surface area contributed by atoms with Gasteiger partial charge in [0.1, 0.15) is 12.4 Å². The van der Waals surface area contributed by atoms with Crippen molar-refractivity contribution >= 4 is 28.2 Å². The van der Waals surface area contributed by atoms with E-state index in [0.29, 0.717) is 11.3 Å². The van der Waals surface area contributed by atoms with Crippen LogP contribution in [0, 0.1) is 17.6 Å². The average molecular weight is 425 g/mol. The summed E-state index contributed by atoms with van der Waals surface area (Å²) in [7, 11) is 1.58. The van der Waals surface area contributed by atoms with Crippen LogP contribution in [0.25, 0.3) is 10.8 Å². The zero-order valence-corrected chi connectivity index (χ0v) is 17.3. The van der Waals surface area contributed by atoms with Crippen LogP contribution in [-0.2, 0) is 4.79 Å². The number of carbonyl (C=O) groups excluding carboxylic acids is 2. The lowest BCUT2D eigenvalue weighted by Crippen LogP contribution is -2.48. The molecule has 0 bridgehead atoms. The van der Waals surface area contributed by atoms with Crippen LogP contribution in [-0.4, -0.2) is 31.4 Å². The molecule has 0 aromatic heterocycles. The summed E-state index contributed by atoms with van der Waals surface area (Å²) in [5, 5.41) is 1.75. The van der Waals surface area contributed by atoms with Crippen LogP contribution in [0.15, 0.2) is 48.5 Å². The van der Waals surface area contributed by atoms with E-state index in [2.05, 4.69) is 0 Å². The average Bonchev–Trinajstić information content (AvgIpc) is 2.79. The van der Waals surface area contributed by atoms with E-state index in [1.165, 1.54) is 17.9 Å². The SMILES string of the molecule is COc1ccc2cc(C(=O)[C@H](C)C(=O)N3c4ccc(F)c(F)c4OC[C@@H]3C)ccc2c1. The minimum Gasteiger partial charge on any atom is -0.497 e. The molecular weight excluding hydrogens is 404 g/mol. The molecule has 3 aromatic rings. The second kappa shape index (κ2) is 7.98. The molecule has 2 atom stereocenters. The Morgan fingerprint density at radius 3 is 2.55 bits per heavy atom. The molecule has 0 saturated heterocycles. The van der Waals surface area contributed by atoms with E-state index >= 15 is 0 Å². The number of ether oxygens (including phenoxy) is 2. The molecular formula is C24H21F2NO4. The third-order valence-electron chi connectivity index (χ3n) is 5.53. The van der Waals surface area contributed by atoms with E-state index < -0.39 is 29.5 Å². The first-order valence-electron chi connectivity index (χ1n) is 9.87. The highest BCUT2D eigenvalue weighted by Gasteiger charge is 2.36. The number of hydrogen-bond donors (Lipinski definition) is 0. The maximum absolute atomic E-state index is 14.2. The standard InChI is InChI=1S/C24H21F2NO4/c1-13-12-31-23-20(9-8-19(25)21(23)26)27(13)24(29)14(2)22(28)17-5-4-16-11-18(30-3)7-6-15(16)10-17/h4-11,13-14H,12H2,1-3H3/t13-,14-/m0/s1. The highest BCUT2D eigenvalue weighted by atomic mass is 19.2. The fourth-order valence-corrected chi connectivity index (χ4v) is 3.78. The molecule has 3 aromatic carbocycles. The number of nitrogens with zero attached hydrogens (tertiary/aromatic N) is 1. The first-order valence-corrected chi connectivity index (χ1v) is 9.87. The number of rotatable bonds is 4. The molecule has 7 heteroatoms. The minimum atomic E-state index is -1.15. The Balaban J connectivity index is 1.64. The maximum Gasteiger partial charge on any atom is 0.238 e. The highest BCUT2D eigenvalue weighted by Crippen LogP contribution is 2.38. The van der Waals surface area contributed by atoms with Crippen molar-refractivity contribution in [2.24, 2.45) is 5.92 Å². The smallest absolute Gasteiger partial charge is 0.238 e. The number of carbonyl (C=O) groups is 2. The van der Waals surface area contributed by atoms with Crippen molar-refractivity contribution in [3.8, 4) is 11.5 Å². The first kappa shape index (κ1) is 20.8. The van der Waals surface area contributed by atoms with Gasteiger partial charge in [0.05, 0.1) is 24.8 Å². The highest BCUT2D eigenvalue weighted by molar-refractivity contribution is 6.15. The number of anilines is 1. The van der Waals surface area contributed by atoms with Crippen LogP contribution >= 0.6 is 0 Å². The summed E-state index contributed by atoms with van der Waals surface area (Å²) in [5.41, 5.74) is 0.512. The van der Waals surface area contributed by atoms with Gasteiger partial charge in [-0.15, -0.1) is 0 Å². The fraction of sp³-hybridized carbons (Fsp3) is 0.250. The zero-order chi connectivity index (χ0) is 22.3. The van der Waals surface area contributed by atoms with Crippen molar-refractivity contribution in [1.29, 1.82) is 0 Å². The van der Waals surface area contributed by atoms with Crippen LogP contribution < -0.4 is 14.4 Å². The number of fused-ring (bicyclic) bond motifs is 2. The largest absolute Gasteiger partial charge is 0.497 e. The quantitative estimate of drug-likeness (QED) is 0.447. The summed E-state index contributed by atoms with van der Waals surface area (Å²) in [6, 6.07) is 12.5. The molecule has 4 rings (SSSR count). The van der Waals surface area contributed by atoms with E-state index in [4.69, 9.17) is 9.47 Å². The summed E-state index contributed by atoms with van der Waals surface area (Å²) in [4.78, 5) is 27.7. The Labute approximate surface area is 178 Å². The third kappa shape index (κ3) is 3.60. The van der Waals surface area contributed by atoms with Crippen LogP contribution in [0.3, 0.4) is 0 Å². The van der Waals surface area contributed by atoms with Crippen LogP contribution in [0.5, 0.6) is 11.5 Å². The molecule has 1 aliphatic rings. The summed E-state index contributed by atoms with van der Waals surface area (Å²) in [5.74, 6) is -3.68. The van der Waals surface area contributed by atoms with Gasteiger partial charge in [0, 0.05) is 5.56 Å². The number of methoxy groups -OCH3 is 1. The number of ketones is 1. The number of amides is 1.